The van der Waals surface area contributed by atoms with Crippen molar-refractivity contribution < 1.29 is 0 Å². The van der Waals surface area contributed by atoms with Crippen molar-refractivity contribution in [2.24, 2.45) is 0 Å². The normalized spacial score (nSPS) is 15.6. The van der Waals surface area contributed by atoms with Crippen LogP contribution in [0.25, 0.3) is 10.8 Å². The van der Waals surface area contributed by atoms with Gasteiger partial charge in [0.2, 0.25) is 0 Å². The Labute approximate surface area is 150 Å². The zero-order chi connectivity index (χ0) is 16.9. The van der Waals surface area contributed by atoms with Crippen LogP contribution in [0, 0.1) is 0 Å². The van der Waals surface area contributed by atoms with Crippen LogP contribution in [0.3, 0.4) is 0 Å². The summed E-state index contributed by atoms with van der Waals surface area (Å²) in [4.78, 5) is 5.14. The minimum absolute atomic E-state index is 1.13. The zero-order valence-corrected chi connectivity index (χ0v) is 14.8. The second-order valence-corrected chi connectivity index (χ2v) is 6.95. The third-order valence-electron chi connectivity index (χ3n) is 5.25. The molecule has 1 aliphatic heterocycles. The average molecular weight is 330 g/mol. The molecule has 0 unspecified atom stereocenters. The smallest absolute Gasteiger partial charge is 0.0373 e. The predicted octanol–water partition coefficient (Wildman–Crippen LogP) is 4.59. The lowest BCUT2D eigenvalue weighted by Gasteiger charge is -2.36. The average Bonchev–Trinajstić information content (AvgIpc) is 2.69. The topological polar surface area (TPSA) is 6.48 Å². The third kappa shape index (κ3) is 4.02. The van der Waals surface area contributed by atoms with Crippen molar-refractivity contribution in [2.45, 2.75) is 12.8 Å². The van der Waals surface area contributed by atoms with E-state index in [2.05, 4.69) is 82.6 Å². The molecule has 1 aliphatic rings. The van der Waals surface area contributed by atoms with Gasteiger partial charge in [0.1, 0.15) is 0 Å². The molecule has 1 saturated heterocycles. The molecule has 0 bridgehead atoms. The molecule has 0 atom stereocenters. The molecule has 0 radical (unpaired) electrons. The van der Waals surface area contributed by atoms with Crippen LogP contribution in [0.1, 0.15) is 12.0 Å². The van der Waals surface area contributed by atoms with Crippen molar-refractivity contribution >= 4 is 16.5 Å². The minimum Gasteiger partial charge on any atom is -0.369 e. The maximum absolute atomic E-state index is 2.61. The molecule has 3 aromatic carbocycles. The standard InChI is InChI=1S/C23H26N2/c1-2-7-20(8-3-1)9-6-14-24-15-17-25(18-16-24)23-13-12-21-10-4-5-11-22(21)19-23/h1-5,7-8,10-13,19H,6,9,14-18H2. The second kappa shape index (κ2) is 7.71. The number of benzene rings is 3. The minimum atomic E-state index is 1.13. The summed E-state index contributed by atoms with van der Waals surface area (Å²) in [6, 6.07) is 26.3. The van der Waals surface area contributed by atoms with Crippen LogP contribution < -0.4 is 4.90 Å². The number of anilines is 1. The Morgan fingerprint density at radius 3 is 2.20 bits per heavy atom. The van der Waals surface area contributed by atoms with Crippen LogP contribution in [0.5, 0.6) is 0 Å². The first kappa shape index (κ1) is 16.2. The number of aryl methyl sites for hydroxylation is 1. The summed E-state index contributed by atoms with van der Waals surface area (Å²) < 4.78 is 0. The monoisotopic (exact) mass is 330 g/mol. The summed E-state index contributed by atoms with van der Waals surface area (Å²) >= 11 is 0. The summed E-state index contributed by atoms with van der Waals surface area (Å²) in [5, 5.41) is 2.66. The molecule has 0 spiro atoms. The lowest BCUT2D eigenvalue weighted by Crippen LogP contribution is -2.46. The van der Waals surface area contributed by atoms with Gasteiger partial charge in [0, 0.05) is 31.9 Å². The van der Waals surface area contributed by atoms with E-state index in [1.54, 1.807) is 0 Å². The highest BCUT2D eigenvalue weighted by molar-refractivity contribution is 5.85. The fourth-order valence-corrected chi connectivity index (χ4v) is 3.75. The Morgan fingerprint density at radius 1 is 0.680 bits per heavy atom. The molecule has 4 rings (SSSR count). The number of nitrogens with zero attached hydrogens (tertiary/aromatic N) is 2. The van der Waals surface area contributed by atoms with Crippen molar-refractivity contribution in [1.29, 1.82) is 0 Å². The highest BCUT2D eigenvalue weighted by atomic mass is 15.3. The van der Waals surface area contributed by atoms with Gasteiger partial charge in [-0.1, -0.05) is 60.7 Å². The maximum atomic E-state index is 2.61. The van der Waals surface area contributed by atoms with Gasteiger partial charge in [0.05, 0.1) is 0 Å². The molecule has 2 heteroatoms. The lowest BCUT2D eigenvalue weighted by atomic mass is 10.1. The molecule has 1 fully saturated rings. The molecule has 0 aliphatic carbocycles. The van der Waals surface area contributed by atoms with E-state index in [0.29, 0.717) is 0 Å². The third-order valence-corrected chi connectivity index (χ3v) is 5.25. The van der Waals surface area contributed by atoms with E-state index in [1.165, 1.54) is 54.5 Å². The van der Waals surface area contributed by atoms with Gasteiger partial charge in [-0.15, -0.1) is 0 Å². The molecule has 0 saturated carbocycles. The highest BCUT2D eigenvalue weighted by Gasteiger charge is 2.16. The fourth-order valence-electron chi connectivity index (χ4n) is 3.75. The number of rotatable bonds is 5. The van der Waals surface area contributed by atoms with Gasteiger partial charge in [0.15, 0.2) is 0 Å². The summed E-state index contributed by atoms with van der Waals surface area (Å²) in [5.41, 5.74) is 2.82. The number of piperazine rings is 1. The van der Waals surface area contributed by atoms with Gasteiger partial charge in [0.25, 0.3) is 0 Å². The Kier molecular flexibility index (Phi) is 4.98. The van der Waals surface area contributed by atoms with Crippen LogP contribution in [0.2, 0.25) is 0 Å². The predicted molar refractivity (Wildman–Crippen MR) is 107 cm³/mol. The SMILES string of the molecule is c1ccc(CCCN2CCN(c3ccc4ccccc4c3)CC2)cc1. The Hall–Kier alpha value is -2.32. The largest absolute Gasteiger partial charge is 0.369 e. The van der Waals surface area contributed by atoms with Gasteiger partial charge in [-0.2, -0.15) is 0 Å². The molecule has 0 N–H and O–H groups in total. The molecule has 0 aromatic heterocycles. The second-order valence-electron chi connectivity index (χ2n) is 6.95. The molecule has 1 heterocycles. The van der Waals surface area contributed by atoms with Crippen LogP contribution in [0.4, 0.5) is 5.69 Å². The van der Waals surface area contributed by atoms with Crippen LogP contribution >= 0.6 is 0 Å². The van der Waals surface area contributed by atoms with Gasteiger partial charge >= 0.3 is 0 Å². The summed E-state index contributed by atoms with van der Waals surface area (Å²) in [5.74, 6) is 0. The molecule has 128 valence electrons. The Bertz CT molecular complexity index is 804. The van der Waals surface area contributed by atoms with Gasteiger partial charge < -0.3 is 4.90 Å². The van der Waals surface area contributed by atoms with E-state index in [4.69, 9.17) is 0 Å². The Balaban J connectivity index is 1.28. The molecule has 2 nitrogen and oxygen atoms in total. The van der Waals surface area contributed by atoms with Crippen molar-refractivity contribution in [2.75, 3.05) is 37.6 Å². The molecular formula is C23H26N2. The molecular weight excluding hydrogens is 304 g/mol. The van der Waals surface area contributed by atoms with Gasteiger partial charge in [-0.25, -0.2) is 0 Å². The summed E-state index contributed by atoms with van der Waals surface area (Å²) in [6.07, 6.45) is 2.44. The number of hydrogen-bond acceptors (Lipinski definition) is 2. The molecule has 25 heavy (non-hydrogen) atoms. The van der Waals surface area contributed by atoms with Crippen molar-refractivity contribution in [3.8, 4) is 0 Å². The zero-order valence-electron chi connectivity index (χ0n) is 14.8. The van der Waals surface area contributed by atoms with Crippen LogP contribution in [-0.4, -0.2) is 37.6 Å². The molecule has 3 aromatic rings. The van der Waals surface area contributed by atoms with Crippen molar-refractivity contribution in [3.05, 3.63) is 78.4 Å². The number of fused-ring (bicyclic) bond motifs is 1. The fraction of sp³-hybridized carbons (Fsp3) is 0.304. The molecule has 0 amide bonds. The van der Waals surface area contributed by atoms with Crippen LogP contribution in [-0.2, 0) is 6.42 Å². The van der Waals surface area contributed by atoms with E-state index in [-0.39, 0.29) is 0 Å². The first-order valence-corrected chi connectivity index (χ1v) is 9.38. The van der Waals surface area contributed by atoms with Crippen molar-refractivity contribution in [3.63, 3.8) is 0 Å². The first-order chi connectivity index (χ1) is 12.4. The van der Waals surface area contributed by atoms with E-state index >= 15 is 0 Å². The highest BCUT2D eigenvalue weighted by Crippen LogP contribution is 2.23. The summed E-state index contributed by atoms with van der Waals surface area (Å²) in [7, 11) is 0. The van der Waals surface area contributed by atoms with Gasteiger partial charge in [-0.3, -0.25) is 4.90 Å². The quantitative estimate of drug-likeness (QED) is 0.675. The first-order valence-electron chi connectivity index (χ1n) is 9.38. The van der Waals surface area contributed by atoms with E-state index in [0.717, 1.165) is 13.1 Å². The maximum Gasteiger partial charge on any atom is 0.0373 e. The number of hydrogen-bond donors (Lipinski definition) is 0. The van der Waals surface area contributed by atoms with Gasteiger partial charge in [-0.05, 0) is 47.9 Å². The summed E-state index contributed by atoms with van der Waals surface area (Å²) in [6.45, 7) is 5.80. The van der Waals surface area contributed by atoms with E-state index in [1.807, 2.05) is 0 Å². The van der Waals surface area contributed by atoms with E-state index in [9.17, 15) is 0 Å². The van der Waals surface area contributed by atoms with Crippen LogP contribution in [0.15, 0.2) is 72.8 Å². The van der Waals surface area contributed by atoms with E-state index < -0.39 is 0 Å². The lowest BCUT2D eigenvalue weighted by molar-refractivity contribution is 0.255. The Morgan fingerprint density at radius 2 is 1.40 bits per heavy atom. The van der Waals surface area contributed by atoms with Crippen molar-refractivity contribution in [1.82, 2.24) is 4.90 Å².